The third-order valence-electron chi connectivity index (χ3n) is 3.25. The predicted molar refractivity (Wildman–Crippen MR) is 68.3 cm³/mol. The van der Waals surface area contributed by atoms with E-state index in [1.807, 2.05) is 0 Å². The van der Waals surface area contributed by atoms with Crippen LogP contribution in [0.1, 0.15) is 38.4 Å². The monoisotopic (exact) mass is 257 g/mol. The molecule has 0 spiro atoms. The molecular weight excluding hydrogens is 236 g/mol. The van der Waals surface area contributed by atoms with Crippen LogP contribution in [0.15, 0.2) is 18.2 Å². The second kappa shape index (κ2) is 7.44. The van der Waals surface area contributed by atoms with E-state index in [-0.39, 0.29) is 0 Å². The van der Waals surface area contributed by atoms with Crippen LogP contribution in [0.3, 0.4) is 0 Å². The predicted octanol–water partition coefficient (Wildman–Crippen LogP) is 3.02. The number of benzene rings is 1. The zero-order valence-electron chi connectivity index (χ0n) is 10.9. The van der Waals surface area contributed by atoms with E-state index in [4.69, 9.17) is 0 Å². The maximum Gasteiger partial charge on any atom is 0.159 e. The molecule has 1 aromatic carbocycles. The highest BCUT2D eigenvalue weighted by atomic mass is 19.2. The zero-order chi connectivity index (χ0) is 13.5. The lowest BCUT2D eigenvalue weighted by Gasteiger charge is -2.16. The van der Waals surface area contributed by atoms with Crippen molar-refractivity contribution in [1.29, 1.82) is 0 Å². The second-order valence-electron chi connectivity index (χ2n) is 4.53. The number of aliphatic hydroxyl groups is 1. The van der Waals surface area contributed by atoms with Crippen molar-refractivity contribution in [2.75, 3.05) is 13.1 Å². The summed E-state index contributed by atoms with van der Waals surface area (Å²) in [6, 6.07) is 3.48. The molecule has 102 valence electrons. The summed E-state index contributed by atoms with van der Waals surface area (Å²) < 4.78 is 25.7. The van der Waals surface area contributed by atoms with Crippen molar-refractivity contribution in [3.63, 3.8) is 0 Å². The topological polar surface area (TPSA) is 32.3 Å². The summed E-state index contributed by atoms with van der Waals surface area (Å²) in [5.74, 6) is -1.23. The molecule has 0 aliphatic carbocycles. The molecule has 0 amide bonds. The molecule has 0 aliphatic rings. The van der Waals surface area contributed by atoms with Crippen LogP contribution in [0.4, 0.5) is 8.78 Å². The third-order valence-corrected chi connectivity index (χ3v) is 3.25. The van der Waals surface area contributed by atoms with E-state index in [2.05, 4.69) is 19.2 Å². The molecule has 0 fully saturated rings. The maximum absolute atomic E-state index is 13.0. The highest BCUT2D eigenvalue weighted by Gasteiger charge is 2.11. The Morgan fingerprint density at radius 2 is 1.78 bits per heavy atom. The molecule has 4 heteroatoms. The Morgan fingerprint density at radius 3 is 2.33 bits per heavy atom. The van der Waals surface area contributed by atoms with Gasteiger partial charge < -0.3 is 10.4 Å². The number of rotatable bonds is 7. The van der Waals surface area contributed by atoms with E-state index in [0.717, 1.165) is 31.5 Å². The molecule has 1 rings (SSSR count). The Kier molecular flexibility index (Phi) is 6.22. The van der Waals surface area contributed by atoms with E-state index >= 15 is 0 Å². The van der Waals surface area contributed by atoms with E-state index in [1.165, 1.54) is 6.07 Å². The zero-order valence-corrected chi connectivity index (χ0v) is 10.9. The summed E-state index contributed by atoms with van der Waals surface area (Å²) >= 11 is 0. The lowest BCUT2D eigenvalue weighted by Crippen LogP contribution is -2.27. The van der Waals surface area contributed by atoms with Gasteiger partial charge in [-0.1, -0.05) is 32.8 Å². The molecule has 18 heavy (non-hydrogen) atoms. The molecule has 1 aromatic rings. The number of hydrogen-bond donors (Lipinski definition) is 2. The highest BCUT2D eigenvalue weighted by Crippen LogP contribution is 2.16. The van der Waals surface area contributed by atoms with Crippen molar-refractivity contribution in [3.8, 4) is 0 Å². The normalized spacial score (nSPS) is 13.0. The average molecular weight is 257 g/mol. The first-order valence-electron chi connectivity index (χ1n) is 6.42. The Hall–Kier alpha value is -1.00. The van der Waals surface area contributed by atoms with Gasteiger partial charge in [-0.2, -0.15) is 0 Å². The standard InChI is InChI=1S/C14H21F2NO/c1-3-10(4-2)8-17-9-14(18)11-5-6-12(15)13(16)7-11/h5-7,10,14,17-18H,3-4,8-9H2,1-2H3. The minimum Gasteiger partial charge on any atom is -0.387 e. The van der Waals surface area contributed by atoms with Crippen molar-refractivity contribution in [2.24, 2.45) is 5.92 Å². The molecule has 1 atom stereocenters. The number of nitrogens with one attached hydrogen (secondary N) is 1. The van der Waals surface area contributed by atoms with Crippen molar-refractivity contribution >= 4 is 0 Å². The van der Waals surface area contributed by atoms with Gasteiger partial charge in [0, 0.05) is 6.54 Å². The summed E-state index contributed by atoms with van der Waals surface area (Å²) in [5, 5.41) is 13.0. The van der Waals surface area contributed by atoms with Gasteiger partial charge in [0.1, 0.15) is 0 Å². The molecule has 2 nitrogen and oxygen atoms in total. The van der Waals surface area contributed by atoms with Gasteiger partial charge in [0.05, 0.1) is 6.10 Å². The van der Waals surface area contributed by atoms with E-state index < -0.39 is 17.7 Å². The fourth-order valence-electron chi connectivity index (χ4n) is 1.84. The Morgan fingerprint density at radius 1 is 1.11 bits per heavy atom. The lowest BCUT2D eigenvalue weighted by molar-refractivity contribution is 0.171. The molecule has 0 aliphatic heterocycles. The van der Waals surface area contributed by atoms with Crippen LogP contribution in [-0.4, -0.2) is 18.2 Å². The van der Waals surface area contributed by atoms with Gasteiger partial charge in [0.15, 0.2) is 11.6 Å². The van der Waals surface area contributed by atoms with Crippen molar-refractivity contribution in [2.45, 2.75) is 32.8 Å². The van der Waals surface area contributed by atoms with Gasteiger partial charge in [-0.25, -0.2) is 8.78 Å². The van der Waals surface area contributed by atoms with Gasteiger partial charge in [-0.3, -0.25) is 0 Å². The van der Waals surface area contributed by atoms with E-state index in [1.54, 1.807) is 0 Å². The quantitative estimate of drug-likeness (QED) is 0.787. The summed E-state index contributed by atoms with van der Waals surface area (Å²) in [6.07, 6.45) is 1.37. The van der Waals surface area contributed by atoms with Crippen LogP contribution in [0.5, 0.6) is 0 Å². The highest BCUT2D eigenvalue weighted by molar-refractivity contribution is 5.20. The van der Waals surface area contributed by atoms with Gasteiger partial charge in [-0.15, -0.1) is 0 Å². The minimum atomic E-state index is -0.924. The SMILES string of the molecule is CCC(CC)CNCC(O)c1ccc(F)c(F)c1. The van der Waals surface area contributed by atoms with Gasteiger partial charge >= 0.3 is 0 Å². The molecule has 0 bridgehead atoms. The number of hydrogen-bond acceptors (Lipinski definition) is 2. The van der Waals surface area contributed by atoms with Gasteiger partial charge in [0.25, 0.3) is 0 Å². The Labute approximate surface area is 107 Å². The van der Waals surface area contributed by atoms with E-state index in [0.29, 0.717) is 18.0 Å². The van der Waals surface area contributed by atoms with Crippen LogP contribution in [0.2, 0.25) is 0 Å². The van der Waals surface area contributed by atoms with Crippen molar-refractivity contribution < 1.29 is 13.9 Å². The van der Waals surface area contributed by atoms with Crippen LogP contribution in [-0.2, 0) is 0 Å². The van der Waals surface area contributed by atoms with Gasteiger partial charge in [0.2, 0.25) is 0 Å². The van der Waals surface area contributed by atoms with Gasteiger partial charge in [-0.05, 0) is 30.2 Å². The molecule has 0 heterocycles. The second-order valence-corrected chi connectivity index (χ2v) is 4.53. The number of halogens is 2. The van der Waals surface area contributed by atoms with Crippen LogP contribution >= 0.6 is 0 Å². The summed E-state index contributed by atoms with van der Waals surface area (Å²) in [6.45, 7) is 5.43. The molecule has 1 unspecified atom stereocenters. The molecule has 0 saturated carbocycles. The van der Waals surface area contributed by atoms with E-state index in [9.17, 15) is 13.9 Å². The minimum absolute atomic E-state index is 0.349. The smallest absolute Gasteiger partial charge is 0.159 e. The van der Waals surface area contributed by atoms with Crippen molar-refractivity contribution in [1.82, 2.24) is 5.32 Å². The first-order valence-corrected chi connectivity index (χ1v) is 6.42. The molecule has 0 aromatic heterocycles. The fraction of sp³-hybridized carbons (Fsp3) is 0.571. The Balaban J connectivity index is 2.45. The number of aliphatic hydroxyl groups excluding tert-OH is 1. The summed E-state index contributed by atoms with van der Waals surface area (Å²) in [5.41, 5.74) is 0.394. The van der Waals surface area contributed by atoms with Crippen molar-refractivity contribution in [3.05, 3.63) is 35.4 Å². The molecular formula is C14H21F2NO. The molecule has 0 radical (unpaired) electrons. The average Bonchev–Trinajstić information content (AvgIpc) is 2.37. The molecule has 0 saturated heterocycles. The summed E-state index contributed by atoms with van der Waals surface area (Å²) in [4.78, 5) is 0. The third kappa shape index (κ3) is 4.35. The Bertz CT molecular complexity index is 367. The lowest BCUT2D eigenvalue weighted by atomic mass is 10.0. The summed E-state index contributed by atoms with van der Waals surface area (Å²) in [7, 11) is 0. The first-order chi connectivity index (χ1) is 8.58. The first kappa shape index (κ1) is 15.1. The van der Waals surface area contributed by atoms with Crippen LogP contribution in [0.25, 0.3) is 0 Å². The fourth-order valence-corrected chi connectivity index (χ4v) is 1.84. The van der Waals surface area contributed by atoms with Crippen LogP contribution in [0, 0.1) is 17.6 Å². The molecule has 2 N–H and O–H groups in total. The largest absolute Gasteiger partial charge is 0.387 e. The maximum atomic E-state index is 13.0. The van der Waals surface area contributed by atoms with Crippen LogP contribution < -0.4 is 5.32 Å².